The van der Waals surface area contributed by atoms with Gasteiger partial charge in [0.05, 0.1) is 0 Å². The van der Waals surface area contributed by atoms with Crippen LogP contribution in [-0.4, -0.2) is 28.8 Å². The zero-order valence-corrected chi connectivity index (χ0v) is 19.5. The molecule has 7 heteroatoms. The molecule has 1 saturated carbocycles. The fraction of sp³-hybridized carbons (Fsp3) is 0.259. The van der Waals surface area contributed by atoms with E-state index in [2.05, 4.69) is 5.32 Å². The first-order valence-corrected chi connectivity index (χ1v) is 11.8. The van der Waals surface area contributed by atoms with Gasteiger partial charge < -0.3 is 16.0 Å². The third kappa shape index (κ3) is 5.82. The van der Waals surface area contributed by atoms with Gasteiger partial charge in [0.25, 0.3) is 11.8 Å². The molecule has 0 unspecified atom stereocenters. The van der Waals surface area contributed by atoms with Crippen molar-refractivity contribution in [2.75, 3.05) is 5.32 Å². The highest BCUT2D eigenvalue weighted by Gasteiger charge is 2.29. The Morgan fingerprint density at radius 3 is 2.38 bits per heavy atom. The van der Waals surface area contributed by atoms with Crippen LogP contribution in [0.25, 0.3) is 0 Å². The van der Waals surface area contributed by atoms with Gasteiger partial charge in [0.15, 0.2) is 0 Å². The number of nitrogens with two attached hydrogens (primary N) is 1. The van der Waals surface area contributed by atoms with Crippen molar-refractivity contribution >= 4 is 29.1 Å². The molecule has 0 saturated heterocycles. The maximum absolute atomic E-state index is 13.9. The molecule has 2 amide bonds. The largest absolute Gasteiger partial charge is 0.331 e. The third-order valence-electron chi connectivity index (χ3n) is 6.21. The molecule has 3 aromatic rings. The van der Waals surface area contributed by atoms with Gasteiger partial charge in [-0.05, 0) is 73.7 Å². The smallest absolute Gasteiger partial charge is 0.255 e. The van der Waals surface area contributed by atoms with Crippen molar-refractivity contribution in [2.24, 2.45) is 5.73 Å². The van der Waals surface area contributed by atoms with E-state index >= 15 is 0 Å². The molecule has 3 aromatic carbocycles. The first-order chi connectivity index (χ1) is 16.4. The van der Waals surface area contributed by atoms with Crippen LogP contribution in [-0.2, 0) is 6.54 Å². The van der Waals surface area contributed by atoms with Gasteiger partial charge in [-0.3, -0.25) is 9.59 Å². The molecular weight excluding hydrogens is 453 g/mol. The number of hydrogen-bond acceptors (Lipinski definition) is 3. The lowest BCUT2D eigenvalue weighted by molar-refractivity contribution is 0.0606. The molecule has 0 aromatic heterocycles. The van der Waals surface area contributed by atoms with Gasteiger partial charge in [0.2, 0.25) is 0 Å². The second kappa shape index (κ2) is 10.8. The van der Waals surface area contributed by atoms with Crippen molar-refractivity contribution in [3.63, 3.8) is 0 Å². The van der Waals surface area contributed by atoms with Crippen LogP contribution in [0, 0.1) is 5.82 Å². The molecule has 0 aliphatic heterocycles. The summed E-state index contributed by atoms with van der Waals surface area (Å²) in [4.78, 5) is 28.1. The van der Waals surface area contributed by atoms with E-state index in [1.807, 2.05) is 18.2 Å². The van der Waals surface area contributed by atoms with Crippen molar-refractivity contribution in [3.8, 4) is 0 Å². The Balaban J connectivity index is 1.61. The molecule has 0 spiro atoms. The van der Waals surface area contributed by atoms with Crippen molar-refractivity contribution in [1.82, 2.24) is 4.90 Å². The number of hydrogen-bond donors (Lipinski definition) is 2. The Labute approximate surface area is 203 Å². The maximum Gasteiger partial charge on any atom is 0.255 e. The van der Waals surface area contributed by atoms with E-state index in [0.717, 1.165) is 31.2 Å². The second-order valence-electron chi connectivity index (χ2n) is 8.63. The molecule has 0 radical (unpaired) electrons. The third-order valence-corrected chi connectivity index (χ3v) is 6.44. The topological polar surface area (TPSA) is 75.4 Å². The summed E-state index contributed by atoms with van der Waals surface area (Å²) in [6, 6.07) is 20.0. The number of anilines is 1. The summed E-state index contributed by atoms with van der Waals surface area (Å²) in [6.07, 6.45) is 3.20. The van der Waals surface area contributed by atoms with E-state index in [1.165, 1.54) is 18.2 Å². The second-order valence-corrected chi connectivity index (χ2v) is 9.07. The van der Waals surface area contributed by atoms with Gasteiger partial charge in [-0.25, -0.2) is 4.39 Å². The molecular formula is C27H27ClFN3O2. The SMILES string of the molecule is NC1CCC(N(Cc2ccccc2NC(=O)c2cccc(Cl)c2)C(=O)c2cccc(F)c2)CC1. The Bertz CT molecular complexity index is 1180. The number of nitrogens with one attached hydrogen (secondary N) is 1. The fourth-order valence-electron chi connectivity index (χ4n) is 4.36. The van der Waals surface area contributed by atoms with E-state index < -0.39 is 5.82 Å². The van der Waals surface area contributed by atoms with Crippen LogP contribution >= 0.6 is 11.6 Å². The van der Waals surface area contributed by atoms with Crippen molar-refractivity contribution in [3.05, 3.63) is 100 Å². The quantitative estimate of drug-likeness (QED) is 0.480. The standard InChI is InChI=1S/C27H27ClFN3O2/c28-21-8-3-6-18(15-21)26(33)31-25-10-2-1-5-20(25)17-32(24-13-11-23(30)12-14-24)27(34)19-7-4-9-22(29)16-19/h1-10,15-16,23-24H,11-14,17,30H2,(H,31,33). The minimum absolute atomic E-state index is 0.0211. The number of amides is 2. The van der Waals surface area contributed by atoms with Crippen molar-refractivity contribution in [2.45, 2.75) is 44.3 Å². The normalized spacial score (nSPS) is 17.7. The lowest BCUT2D eigenvalue weighted by Gasteiger charge is -2.36. The minimum Gasteiger partial charge on any atom is -0.331 e. The summed E-state index contributed by atoms with van der Waals surface area (Å²) in [5, 5.41) is 3.42. The van der Waals surface area contributed by atoms with Gasteiger partial charge in [0, 0.05) is 40.5 Å². The highest BCUT2D eigenvalue weighted by molar-refractivity contribution is 6.31. The predicted molar refractivity (Wildman–Crippen MR) is 132 cm³/mol. The molecule has 1 aliphatic rings. The summed E-state index contributed by atoms with van der Waals surface area (Å²) < 4.78 is 13.9. The average Bonchev–Trinajstić information content (AvgIpc) is 2.84. The molecule has 0 bridgehead atoms. The van der Waals surface area contributed by atoms with Gasteiger partial charge in [0.1, 0.15) is 5.82 Å². The van der Waals surface area contributed by atoms with Crippen LogP contribution in [0.15, 0.2) is 72.8 Å². The Morgan fingerprint density at radius 1 is 0.941 bits per heavy atom. The zero-order chi connectivity index (χ0) is 24.1. The maximum atomic E-state index is 13.9. The number of para-hydroxylation sites is 1. The van der Waals surface area contributed by atoms with Crippen LogP contribution in [0.2, 0.25) is 5.02 Å². The summed E-state index contributed by atoms with van der Waals surface area (Å²) in [6.45, 7) is 0.279. The average molecular weight is 480 g/mol. The minimum atomic E-state index is -0.453. The lowest BCUT2D eigenvalue weighted by atomic mass is 9.90. The molecule has 34 heavy (non-hydrogen) atoms. The highest BCUT2D eigenvalue weighted by atomic mass is 35.5. The van der Waals surface area contributed by atoms with Gasteiger partial charge in [-0.15, -0.1) is 0 Å². The predicted octanol–water partition coefficient (Wildman–Crippen LogP) is 5.64. The number of rotatable bonds is 6. The monoisotopic (exact) mass is 479 g/mol. The summed E-state index contributed by atoms with van der Waals surface area (Å²) in [5.41, 5.74) is 8.23. The van der Waals surface area contributed by atoms with E-state index in [9.17, 15) is 14.0 Å². The molecule has 0 heterocycles. The van der Waals surface area contributed by atoms with Crippen LogP contribution in [0.5, 0.6) is 0 Å². The number of nitrogens with zero attached hydrogens (tertiary/aromatic N) is 1. The van der Waals surface area contributed by atoms with Crippen molar-refractivity contribution in [1.29, 1.82) is 0 Å². The van der Waals surface area contributed by atoms with Gasteiger partial charge >= 0.3 is 0 Å². The Hall–Kier alpha value is -3.22. The highest BCUT2D eigenvalue weighted by Crippen LogP contribution is 2.28. The molecule has 5 nitrogen and oxygen atoms in total. The van der Waals surface area contributed by atoms with Gasteiger partial charge in [-0.2, -0.15) is 0 Å². The van der Waals surface area contributed by atoms with Crippen molar-refractivity contribution < 1.29 is 14.0 Å². The number of halogens is 2. The van der Waals surface area contributed by atoms with E-state index in [4.69, 9.17) is 17.3 Å². The van der Waals surface area contributed by atoms with Crippen LogP contribution in [0.3, 0.4) is 0 Å². The summed E-state index contributed by atoms with van der Waals surface area (Å²) in [5.74, 6) is -0.983. The van der Waals surface area contributed by atoms with Crippen LogP contribution in [0.4, 0.5) is 10.1 Å². The summed E-state index contributed by atoms with van der Waals surface area (Å²) >= 11 is 6.03. The van der Waals surface area contributed by atoms with Gasteiger partial charge in [-0.1, -0.05) is 41.9 Å². The number of carbonyl (C=O) groups is 2. The van der Waals surface area contributed by atoms with Crippen LogP contribution in [0.1, 0.15) is 52.0 Å². The first-order valence-electron chi connectivity index (χ1n) is 11.4. The lowest BCUT2D eigenvalue weighted by Crippen LogP contribution is -2.44. The van der Waals surface area contributed by atoms with E-state index in [-0.39, 0.29) is 30.4 Å². The first kappa shape index (κ1) is 23.9. The van der Waals surface area contributed by atoms with E-state index in [1.54, 1.807) is 41.3 Å². The molecule has 3 N–H and O–H groups in total. The fourth-order valence-corrected chi connectivity index (χ4v) is 4.55. The van der Waals surface area contributed by atoms with Crippen LogP contribution < -0.4 is 11.1 Å². The molecule has 4 rings (SSSR count). The zero-order valence-electron chi connectivity index (χ0n) is 18.7. The summed E-state index contributed by atoms with van der Waals surface area (Å²) in [7, 11) is 0. The van der Waals surface area contributed by atoms with E-state index in [0.29, 0.717) is 21.8 Å². The molecule has 1 fully saturated rings. The number of carbonyl (C=O) groups excluding carboxylic acids is 2. The number of benzene rings is 3. The molecule has 1 aliphatic carbocycles. The Kier molecular flexibility index (Phi) is 7.60. The Morgan fingerprint density at radius 2 is 1.65 bits per heavy atom. The molecule has 0 atom stereocenters. The molecule has 176 valence electrons.